The van der Waals surface area contributed by atoms with Crippen molar-refractivity contribution in [2.75, 3.05) is 20.4 Å². The molecule has 5 heteroatoms. The molecule has 0 heterocycles. The molecule has 0 saturated heterocycles. The van der Waals surface area contributed by atoms with Gasteiger partial charge in [0.25, 0.3) is 0 Å². The lowest BCUT2D eigenvalue weighted by Gasteiger charge is -2.22. The quantitative estimate of drug-likeness (QED) is 0.486. The fraction of sp³-hybridized carbons (Fsp3) is 0.188. The van der Waals surface area contributed by atoms with Gasteiger partial charge in [-0.15, -0.1) is 0 Å². The Kier molecular flexibility index (Phi) is 5.63. The van der Waals surface area contributed by atoms with E-state index < -0.39 is 6.19 Å². The van der Waals surface area contributed by atoms with E-state index in [1.165, 1.54) is 0 Å². The Hall–Kier alpha value is -1.09. The first kappa shape index (κ1) is 16.3. The molecule has 0 bridgehead atoms. The van der Waals surface area contributed by atoms with E-state index in [0.717, 1.165) is 15.8 Å². The minimum absolute atomic E-state index is 0.964. The van der Waals surface area contributed by atoms with Crippen molar-refractivity contribution in [3.63, 3.8) is 0 Å². The standard InChI is InChI=1S/C16H19N2PS2/c1-18(2)16(21-3)17-19(20,14-10-6-4-7-11-14)15-12-8-5-9-13-15/h4-13H,1-3H3. The van der Waals surface area contributed by atoms with E-state index in [4.69, 9.17) is 16.6 Å². The van der Waals surface area contributed by atoms with E-state index in [9.17, 15) is 0 Å². The normalized spacial score (nSPS) is 12.2. The SMILES string of the molecule is CSC(=NP(=S)(c1ccccc1)c1ccccc1)N(C)C. The second-order valence-electron chi connectivity index (χ2n) is 4.73. The molecule has 0 atom stereocenters. The van der Waals surface area contributed by atoms with E-state index in [1.54, 1.807) is 11.8 Å². The maximum Gasteiger partial charge on any atom is 0.163 e. The number of hydrogen-bond acceptors (Lipinski definition) is 2. The Morgan fingerprint density at radius 2 is 1.38 bits per heavy atom. The van der Waals surface area contributed by atoms with Crippen molar-refractivity contribution in [2.24, 2.45) is 4.76 Å². The third-order valence-corrected chi connectivity index (χ3v) is 7.94. The fourth-order valence-electron chi connectivity index (χ4n) is 1.96. The summed E-state index contributed by atoms with van der Waals surface area (Å²) in [6.07, 6.45) is -0.156. The summed E-state index contributed by atoms with van der Waals surface area (Å²) in [5.74, 6) is 0. The Balaban J connectivity index is 2.64. The molecule has 0 spiro atoms. The summed E-state index contributed by atoms with van der Waals surface area (Å²) in [5, 5.41) is 3.21. The predicted molar refractivity (Wildman–Crippen MR) is 101 cm³/mol. The van der Waals surface area contributed by atoms with Crippen molar-refractivity contribution in [3.8, 4) is 0 Å². The zero-order chi connectivity index (χ0) is 15.3. The van der Waals surface area contributed by atoms with Crippen LogP contribution in [0.4, 0.5) is 0 Å². The van der Waals surface area contributed by atoms with Gasteiger partial charge in [0.1, 0.15) is 6.19 Å². The molecule has 0 fully saturated rings. The van der Waals surface area contributed by atoms with Gasteiger partial charge in [-0.25, -0.2) is 4.76 Å². The predicted octanol–water partition coefficient (Wildman–Crippen LogP) is 3.31. The van der Waals surface area contributed by atoms with Crippen molar-refractivity contribution in [1.82, 2.24) is 4.90 Å². The largest absolute Gasteiger partial charge is 0.357 e. The summed E-state index contributed by atoms with van der Waals surface area (Å²) in [4.78, 5) is 2.03. The van der Waals surface area contributed by atoms with Crippen LogP contribution in [0.2, 0.25) is 0 Å². The Morgan fingerprint density at radius 1 is 0.952 bits per heavy atom. The maximum absolute atomic E-state index is 6.08. The Labute approximate surface area is 136 Å². The highest BCUT2D eigenvalue weighted by Gasteiger charge is 2.22. The molecule has 0 aromatic heterocycles. The number of amidine groups is 1. The van der Waals surface area contributed by atoms with Gasteiger partial charge in [0, 0.05) is 24.7 Å². The lowest BCUT2D eigenvalue weighted by molar-refractivity contribution is 0.638. The van der Waals surface area contributed by atoms with Crippen molar-refractivity contribution in [2.45, 2.75) is 0 Å². The van der Waals surface area contributed by atoms with Crippen LogP contribution in [-0.4, -0.2) is 30.4 Å². The average molecular weight is 334 g/mol. The molecule has 2 nitrogen and oxygen atoms in total. The van der Waals surface area contributed by atoms with Crippen LogP contribution in [0.3, 0.4) is 0 Å². The highest BCUT2D eigenvalue weighted by atomic mass is 32.4. The molecule has 0 unspecified atom stereocenters. The highest BCUT2D eigenvalue weighted by Crippen LogP contribution is 2.46. The van der Waals surface area contributed by atoms with Crippen LogP contribution in [0.1, 0.15) is 0 Å². The van der Waals surface area contributed by atoms with Crippen LogP contribution < -0.4 is 10.6 Å². The third-order valence-electron chi connectivity index (χ3n) is 3.00. The molecule has 110 valence electrons. The van der Waals surface area contributed by atoms with E-state index in [2.05, 4.69) is 24.3 Å². The molecule has 0 N–H and O–H groups in total. The first-order valence-electron chi connectivity index (χ1n) is 6.61. The zero-order valence-electron chi connectivity index (χ0n) is 12.4. The third kappa shape index (κ3) is 3.76. The molecular formula is C16H19N2PS2. The molecule has 0 amide bonds. The van der Waals surface area contributed by atoms with E-state index in [0.29, 0.717) is 0 Å². The van der Waals surface area contributed by atoms with Crippen LogP contribution >= 0.6 is 18.0 Å². The van der Waals surface area contributed by atoms with E-state index in [-0.39, 0.29) is 0 Å². The summed E-state index contributed by atoms with van der Waals surface area (Å²) >= 11 is 7.71. The van der Waals surface area contributed by atoms with Crippen LogP contribution in [-0.2, 0) is 11.8 Å². The minimum atomic E-state index is -2.19. The van der Waals surface area contributed by atoms with Gasteiger partial charge in [0.15, 0.2) is 5.17 Å². The first-order valence-corrected chi connectivity index (χ1v) is 10.6. The zero-order valence-corrected chi connectivity index (χ0v) is 15.0. The van der Waals surface area contributed by atoms with Crippen LogP contribution in [0.25, 0.3) is 0 Å². The lowest BCUT2D eigenvalue weighted by atomic mass is 10.4. The van der Waals surface area contributed by atoms with Gasteiger partial charge in [-0.05, 0) is 6.26 Å². The Bertz CT molecular complexity index is 611. The summed E-state index contributed by atoms with van der Waals surface area (Å²) in [5.41, 5.74) is 0. The number of benzene rings is 2. The fourth-order valence-corrected chi connectivity index (χ4v) is 6.24. The highest BCUT2D eigenvalue weighted by molar-refractivity contribution is 8.22. The average Bonchev–Trinajstić information content (AvgIpc) is 2.53. The van der Waals surface area contributed by atoms with Crippen molar-refractivity contribution in [1.29, 1.82) is 0 Å². The van der Waals surface area contributed by atoms with Crippen LogP contribution in [0.15, 0.2) is 65.4 Å². The molecule has 0 aliphatic heterocycles. The van der Waals surface area contributed by atoms with Crippen LogP contribution in [0, 0.1) is 0 Å². The van der Waals surface area contributed by atoms with Crippen molar-refractivity contribution in [3.05, 3.63) is 60.7 Å². The molecule has 0 aliphatic rings. The van der Waals surface area contributed by atoms with E-state index >= 15 is 0 Å². The number of nitrogens with zero attached hydrogens (tertiary/aromatic N) is 2. The van der Waals surface area contributed by atoms with Gasteiger partial charge in [0.2, 0.25) is 0 Å². The van der Waals surface area contributed by atoms with E-state index in [1.807, 2.05) is 61.6 Å². The van der Waals surface area contributed by atoms with Crippen LogP contribution in [0.5, 0.6) is 0 Å². The lowest BCUT2D eigenvalue weighted by Crippen LogP contribution is -2.21. The monoisotopic (exact) mass is 334 g/mol. The van der Waals surface area contributed by atoms with Gasteiger partial charge in [-0.1, -0.05) is 84.2 Å². The molecule has 2 rings (SSSR count). The number of thioether (sulfide) groups is 1. The topological polar surface area (TPSA) is 15.6 Å². The maximum atomic E-state index is 6.08. The van der Waals surface area contributed by atoms with Gasteiger partial charge < -0.3 is 4.90 Å². The molecule has 2 aromatic rings. The molecule has 0 radical (unpaired) electrons. The van der Waals surface area contributed by atoms with Gasteiger partial charge in [0.05, 0.1) is 0 Å². The minimum Gasteiger partial charge on any atom is -0.357 e. The summed E-state index contributed by atoms with van der Waals surface area (Å²) in [6.45, 7) is 0. The summed E-state index contributed by atoms with van der Waals surface area (Å²) in [6, 6.07) is 20.5. The van der Waals surface area contributed by atoms with Crippen molar-refractivity contribution >= 4 is 45.5 Å². The molecule has 0 saturated carbocycles. The summed E-state index contributed by atoms with van der Waals surface area (Å²) < 4.78 is 5.00. The first-order chi connectivity index (χ1) is 10.1. The molecular weight excluding hydrogens is 315 g/mol. The second kappa shape index (κ2) is 7.26. The number of rotatable bonds is 3. The molecule has 0 aliphatic carbocycles. The smallest absolute Gasteiger partial charge is 0.163 e. The van der Waals surface area contributed by atoms with Crippen molar-refractivity contribution < 1.29 is 0 Å². The number of hydrogen-bond donors (Lipinski definition) is 0. The van der Waals surface area contributed by atoms with Gasteiger partial charge in [-0.2, -0.15) is 0 Å². The molecule has 21 heavy (non-hydrogen) atoms. The second-order valence-corrected chi connectivity index (χ2v) is 9.47. The van der Waals surface area contributed by atoms with Gasteiger partial charge >= 0.3 is 0 Å². The van der Waals surface area contributed by atoms with Gasteiger partial charge in [-0.3, -0.25) is 0 Å². The summed E-state index contributed by atoms with van der Waals surface area (Å²) in [7, 11) is 4.01. The Morgan fingerprint density at radius 3 is 1.71 bits per heavy atom. The molecule has 2 aromatic carbocycles.